The van der Waals surface area contributed by atoms with E-state index in [0.717, 1.165) is 4.47 Å². The molecule has 0 aromatic heterocycles. The van der Waals surface area contributed by atoms with Crippen LogP contribution in [-0.2, 0) is 0 Å². The number of carbonyl (C=O) groups is 2. The second kappa shape index (κ2) is 5.82. The Morgan fingerprint density at radius 2 is 1.76 bits per heavy atom. The van der Waals surface area contributed by atoms with Gasteiger partial charge in [0.25, 0.3) is 0 Å². The van der Waals surface area contributed by atoms with Crippen LogP contribution in [0.5, 0.6) is 0 Å². The maximum atomic E-state index is 12.0. The summed E-state index contributed by atoms with van der Waals surface area (Å²) in [4.78, 5) is 22.5. The summed E-state index contributed by atoms with van der Waals surface area (Å²) >= 11 is 3.29. The Balaban J connectivity index is 2.75. The van der Waals surface area contributed by atoms with Crippen molar-refractivity contribution in [2.45, 2.75) is 19.9 Å². The lowest BCUT2D eigenvalue weighted by Gasteiger charge is -2.18. The van der Waals surface area contributed by atoms with Crippen LogP contribution >= 0.6 is 15.9 Å². The molecule has 92 valence electrons. The van der Waals surface area contributed by atoms with Gasteiger partial charge in [0.05, 0.1) is 0 Å². The van der Waals surface area contributed by atoms with E-state index in [4.69, 9.17) is 5.11 Å². The topological polar surface area (TPSA) is 66.4 Å². The van der Waals surface area contributed by atoms with Crippen LogP contribution in [-0.4, -0.2) is 23.0 Å². The fourth-order valence-corrected chi connectivity index (χ4v) is 1.69. The van der Waals surface area contributed by atoms with Crippen molar-refractivity contribution in [2.75, 3.05) is 0 Å². The van der Waals surface area contributed by atoms with Crippen LogP contribution in [0.1, 0.15) is 24.2 Å². The minimum absolute atomic E-state index is 0.0706. The number of hydrogen-bond donors (Lipinski definition) is 2. The normalized spacial score (nSPS) is 13.8. The lowest BCUT2D eigenvalue weighted by molar-refractivity contribution is 0.0907. The van der Waals surface area contributed by atoms with Gasteiger partial charge < -0.3 is 10.4 Å². The summed E-state index contributed by atoms with van der Waals surface area (Å²) in [6, 6.07) is 6.60. The van der Waals surface area contributed by atoms with Gasteiger partial charge in [-0.05, 0) is 19.1 Å². The number of halogens is 1. The third kappa shape index (κ3) is 3.85. The molecule has 1 aromatic carbocycles. The molecule has 0 bridgehead atoms. The van der Waals surface area contributed by atoms with E-state index < -0.39 is 18.1 Å². The Hall–Kier alpha value is -1.36. The lowest BCUT2D eigenvalue weighted by Crippen LogP contribution is -2.39. The minimum Gasteiger partial charge on any atom is -0.465 e. The highest BCUT2D eigenvalue weighted by molar-refractivity contribution is 9.10. The Bertz CT molecular complexity index is 416. The summed E-state index contributed by atoms with van der Waals surface area (Å²) in [5.41, 5.74) is 0.583. The fourth-order valence-electron chi connectivity index (χ4n) is 1.42. The van der Waals surface area contributed by atoms with E-state index in [0.29, 0.717) is 5.56 Å². The zero-order chi connectivity index (χ0) is 13.0. The molecule has 0 saturated carbocycles. The molecule has 0 aliphatic carbocycles. The number of Topliss-reactive ketones (excluding diaryl/α,β-unsaturated/α-hetero) is 1. The van der Waals surface area contributed by atoms with Crippen LogP contribution in [0.15, 0.2) is 28.7 Å². The Morgan fingerprint density at radius 1 is 1.24 bits per heavy atom. The minimum atomic E-state index is -1.12. The van der Waals surface area contributed by atoms with E-state index in [1.165, 1.54) is 0 Å². The molecule has 0 aliphatic heterocycles. The van der Waals surface area contributed by atoms with Crippen molar-refractivity contribution in [1.29, 1.82) is 0 Å². The zero-order valence-corrected chi connectivity index (χ0v) is 11.2. The van der Waals surface area contributed by atoms with Crippen LogP contribution in [0.4, 0.5) is 4.79 Å². The predicted octanol–water partition coefficient (Wildman–Crippen LogP) is 2.92. The molecule has 0 aliphatic rings. The van der Waals surface area contributed by atoms with Gasteiger partial charge in [0.1, 0.15) is 0 Å². The summed E-state index contributed by atoms with van der Waals surface area (Å²) in [6.07, 6.45) is -1.12. The fraction of sp³-hybridized carbons (Fsp3) is 0.333. The van der Waals surface area contributed by atoms with Gasteiger partial charge in [0.2, 0.25) is 0 Å². The third-order valence-electron chi connectivity index (χ3n) is 2.64. The van der Waals surface area contributed by atoms with Gasteiger partial charge in [-0.3, -0.25) is 4.79 Å². The molecule has 0 fully saturated rings. The summed E-state index contributed by atoms with van der Waals surface area (Å²) in [5, 5.41) is 10.9. The van der Waals surface area contributed by atoms with Gasteiger partial charge in [-0.25, -0.2) is 4.79 Å². The van der Waals surface area contributed by atoms with E-state index in [-0.39, 0.29) is 5.78 Å². The predicted molar refractivity (Wildman–Crippen MR) is 68.3 cm³/mol. The van der Waals surface area contributed by atoms with Gasteiger partial charge in [-0.15, -0.1) is 0 Å². The van der Waals surface area contributed by atoms with Crippen molar-refractivity contribution in [2.24, 2.45) is 5.92 Å². The summed E-state index contributed by atoms with van der Waals surface area (Å²) < 4.78 is 0.901. The average Bonchev–Trinajstić information content (AvgIpc) is 2.27. The third-order valence-corrected chi connectivity index (χ3v) is 3.17. The Morgan fingerprint density at radius 3 is 2.24 bits per heavy atom. The average molecular weight is 300 g/mol. The molecule has 1 rings (SSSR count). The molecular formula is C12H14BrNO3. The highest BCUT2D eigenvalue weighted by Crippen LogP contribution is 2.15. The quantitative estimate of drug-likeness (QED) is 0.840. The molecule has 0 spiro atoms. The van der Waals surface area contributed by atoms with Crippen LogP contribution in [0.25, 0.3) is 0 Å². The maximum absolute atomic E-state index is 12.0. The van der Waals surface area contributed by atoms with Gasteiger partial charge >= 0.3 is 6.09 Å². The molecule has 0 saturated heterocycles. The van der Waals surface area contributed by atoms with Crippen LogP contribution in [0, 0.1) is 5.92 Å². The van der Waals surface area contributed by atoms with Crippen molar-refractivity contribution in [3.05, 3.63) is 34.3 Å². The number of benzene rings is 1. The number of hydrogen-bond acceptors (Lipinski definition) is 2. The highest BCUT2D eigenvalue weighted by Gasteiger charge is 2.22. The van der Waals surface area contributed by atoms with E-state index in [1.54, 1.807) is 38.1 Å². The molecule has 1 amide bonds. The number of carboxylic acid groups (broad SMARTS) is 1. The van der Waals surface area contributed by atoms with E-state index in [9.17, 15) is 9.59 Å². The van der Waals surface area contributed by atoms with Crippen LogP contribution < -0.4 is 5.32 Å². The summed E-state index contributed by atoms with van der Waals surface area (Å²) in [6.45, 7) is 3.39. The van der Waals surface area contributed by atoms with Crippen LogP contribution in [0.2, 0.25) is 0 Å². The molecule has 5 heteroatoms. The first-order valence-corrected chi connectivity index (χ1v) is 6.00. The van der Waals surface area contributed by atoms with Crippen molar-refractivity contribution in [3.8, 4) is 0 Å². The number of rotatable bonds is 4. The molecule has 4 nitrogen and oxygen atoms in total. The molecule has 0 radical (unpaired) electrons. The Labute approximate surface area is 108 Å². The first-order chi connectivity index (χ1) is 7.91. The lowest BCUT2D eigenvalue weighted by atomic mass is 9.93. The molecule has 2 N–H and O–H groups in total. The molecule has 1 aromatic rings. The molecule has 2 unspecified atom stereocenters. The van der Waals surface area contributed by atoms with Crippen LogP contribution in [0.3, 0.4) is 0 Å². The number of amides is 1. The molecule has 2 atom stereocenters. The van der Waals surface area contributed by atoms with Gasteiger partial charge in [-0.2, -0.15) is 0 Å². The van der Waals surface area contributed by atoms with E-state index in [1.807, 2.05) is 0 Å². The number of nitrogens with one attached hydrogen (secondary N) is 1. The van der Waals surface area contributed by atoms with Crippen molar-refractivity contribution < 1.29 is 14.7 Å². The van der Waals surface area contributed by atoms with Crippen molar-refractivity contribution >= 4 is 27.8 Å². The van der Waals surface area contributed by atoms with Gasteiger partial charge in [0, 0.05) is 22.0 Å². The first-order valence-electron chi connectivity index (χ1n) is 5.21. The molecule has 17 heavy (non-hydrogen) atoms. The Kier molecular flexibility index (Phi) is 4.69. The monoisotopic (exact) mass is 299 g/mol. The second-order valence-electron chi connectivity index (χ2n) is 3.90. The second-order valence-corrected chi connectivity index (χ2v) is 4.81. The van der Waals surface area contributed by atoms with Gasteiger partial charge in [-0.1, -0.05) is 35.0 Å². The van der Waals surface area contributed by atoms with Gasteiger partial charge in [0.15, 0.2) is 5.78 Å². The van der Waals surface area contributed by atoms with Crippen molar-refractivity contribution in [3.63, 3.8) is 0 Å². The number of carbonyl (C=O) groups excluding carboxylic acids is 1. The summed E-state index contributed by atoms with van der Waals surface area (Å²) in [5.74, 6) is -0.467. The molecular weight excluding hydrogens is 286 g/mol. The number of ketones is 1. The first kappa shape index (κ1) is 13.7. The SMILES string of the molecule is CC(NC(=O)O)C(C)C(=O)c1ccc(Br)cc1. The van der Waals surface area contributed by atoms with E-state index >= 15 is 0 Å². The zero-order valence-electron chi connectivity index (χ0n) is 9.61. The van der Waals surface area contributed by atoms with Crippen molar-refractivity contribution in [1.82, 2.24) is 5.32 Å². The largest absolute Gasteiger partial charge is 0.465 e. The highest BCUT2D eigenvalue weighted by atomic mass is 79.9. The maximum Gasteiger partial charge on any atom is 0.404 e. The van der Waals surface area contributed by atoms with E-state index in [2.05, 4.69) is 21.2 Å². The molecule has 0 heterocycles. The summed E-state index contributed by atoms with van der Waals surface area (Å²) in [7, 11) is 0. The standard InChI is InChI=1S/C12H14BrNO3/c1-7(8(2)14-12(16)17)11(15)9-3-5-10(13)6-4-9/h3-8,14H,1-2H3,(H,16,17). The smallest absolute Gasteiger partial charge is 0.404 e.